The number of hydrogen-bond donors (Lipinski definition) is 3. The summed E-state index contributed by atoms with van der Waals surface area (Å²) in [5, 5.41) is 13.0. The van der Waals surface area contributed by atoms with Gasteiger partial charge in [0.15, 0.2) is 0 Å². The van der Waals surface area contributed by atoms with Crippen LogP contribution in [0.25, 0.3) is 10.9 Å². The molecule has 1 aromatic heterocycles. The number of benzene rings is 1. The molecule has 2 atom stereocenters. The van der Waals surface area contributed by atoms with Crippen LogP contribution in [0.2, 0.25) is 0 Å². The third kappa shape index (κ3) is 3.41. The normalized spacial score (nSPS) is 21.8. The predicted molar refractivity (Wildman–Crippen MR) is 87.1 cm³/mol. The quantitative estimate of drug-likeness (QED) is 0.789. The molecule has 1 aliphatic rings. The van der Waals surface area contributed by atoms with Crippen LogP contribution in [0, 0.1) is 11.7 Å². The molecule has 1 aromatic carbocycles. The van der Waals surface area contributed by atoms with Crippen molar-refractivity contribution in [2.45, 2.75) is 18.9 Å². The number of carbonyl (C=O) groups excluding carboxylic acids is 1. The van der Waals surface area contributed by atoms with E-state index >= 15 is 0 Å². The van der Waals surface area contributed by atoms with Gasteiger partial charge in [0.2, 0.25) is 5.91 Å². The van der Waals surface area contributed by atoms with Gasteiger partial charge in [0.05, 0.1) is 12.3 Å². The number of nitrogens with one attached hydrogen (secondary N) is 2. The lowest BCUT2D eigenvalue weighted by Gasteiger charge is -2.34. The van der Waals surface area contributed by atoms with Crippen molar-refractivity contribution in [2.75, 3.05) is 20.1 Å². The number of aromatic amines is 1. The van der Waals surface area contributed by atoms with Crippen LogP contribution in [0.4, 0.5) is 4.39 Å². The van der Waals surface area contributed by atoms with E-state index < -0.39 is 11.9 Å². The molecule has 0 bridgehead atoms. The number of H-pyrrole nitrogens is 1. The first kappa shape index (κ1) is 16.4. The van der Waals surface area contributed by atoms with E-state index in [0.29, 0.717) is 18.5 Å². The third-order valence-corrected chi connectivity index (χ3v) is 4.56. The van der Waals surface area contributed by atoms with Crippen LogP contribution < -0.4 is 5.32 Å². The number of rotatable bonds is 4. The number of carboxylic acids is 1. The minimum Gasteiger partial charge on any atom is -0.481 e. The molecular weight excluding hydrogens is 313 g/mol. The summed E-state index contributed by atoms with van der Waals surface area (Å²) in [5.74, 6) is -2.06. The number of aromatic nitrogens is 1. The molecule has 1 saturated heterocycles. The van der Waals surface area contributed by atoms with Gasteiger partial charge < -0.3 is 20.3 Å². The van der Waals surface area contributed by atoms with Crippen molar-refractivity contribution < 1.29 is 19.1 Å². The average Bonchev–Trinajstić information content (AvgIpc) is 2.90. The highest BCUT2D eigenvalue weighted by Crippen LogP contribution is 2.21. The first-order valence-electron chi connectivity index (χ1n) is 7.90. The van der Waals surface area contributed by atoms with Crippen molar-refractivity contribution in [1.82, 2.24) is 15.2 Å². The SMILES string of the molecule is CN1CC[C@@H](NC(=O)Cc2c[nH]c3cc(F)ccc23)[C@H](C(=O)O)C1. The third-order valence-electron chi connectivity index (χ3n) is 4.56. The molecule has 3 rings (SSSR count). The Hall–Kier alpha value is -2.41. The van der Waals surface area contributed by atoms with E-state index in [4.69, 9.17) is 0 Å². The second-order valence-electron chi connectivity index (χ2n) is 6.35. The molecule has 0 saturated carbocycles. The van der Waals surface area contributed by atoms with Gasteiger partial charge in [0.1, 0.15) is 5.82 Å². The standard InChI is InChI=1S/C17H20FN3O3/c1-21-5-4-14(13(9-21)17(23)24)20-16(22)6-10-8-19-15-7-11(18)2-3-12(10)15/h2-3,7-8,13-14,19H,4-6,9H2,1H3,(H,20,22)(H,23,24)/t13-,14-/m1/s1. The number of likely N-dealkylation sites (tertiary alicyclic amines) is 1. The lowest BCUT2D eigenvalue weighted by atomic mass is 9.92. The minimum absolute atomic E-state index is 0.129. The maximum absolute atomic E-state index is 13.2. The molecule has 1 fully saturated rings. The second-order valence-corrected chi connectivity index (χ2v) is 6.35. The zero-order valence-corrected chi connectivity index (χ0v) is 13.4. The summed E-state index contributed by atoms with van der Waals surface area (Å²) in [6.07, 6.45) is 2.43. The molecule has 0 spiro atoms. The summed E-state index contributed by atoms with van der Waals surface area (Å²) in [4.78, 5) is 28.6. The van der Waals surface area contributed by atoms with Crippen LogP contribution in [0.15, 0.2) is 24.4 Å². The largest absolute Gasteiger partial charge is 0.481 e. The van der Waals surface area contributed by atoms with E-state index in [1.807, 2.05) is 11.9 Å². The highest BCUT2D eigenvalue weighted by atomic mass is 19.1. The molecule has 3 N–H and O–H groups in total. The van der Waals surface area contributed by atoms with Crippen LogP contribution in [0.3, 0.4) is 0 Å². The van der Waals surface area contributed by atoms with E-state index in [-0.39, 0.29) is 24.2 Å². The van der Waals surface area contributed by atoms with E-state index in [1.165, 1.54) is 12.1 Å². The number of piperidine rings is 1. The molecule has 0 aliphatic carbocycles. The Bertz CT molecular complexity index is 774. The number of carbonyl (C=O) groups is 2. The van der Waals surface area contributed by atoms with Gasteiger partial charge in [-0.25, -0.2) is 4.39 Å². The molecule has 0 radical (unpaired) electrons. The van der Waals surface area contributed by atoms with Gasteiger partial charge in [-0.1, -0.05) is 0 Å². The van der Waals surface area contributed by atoms with Gasteiger partial charge >= 0.3 is 5.97 Å². The summed E-state index contributed by atoms with van der Waals surface area (Å²) in [5.41, 5.74) is 1.41. The minimum atomic E-state index is -0.894. The number of nitrogens with zero attached hydrogens (tertiary/aromatic N) is 1. The Labute approximate surface area is 138 Å². The lowest BCUT2D eigenvalue weighted by molar-refractivity contribution is -0.144. The van der Waals surface area contributed by atoms with Gasteiger partial charge in [-0.15, -0.1) is 0 Å². The smallest absolute Gasteiger partial charge is 0.309 e. The van der Waals surface area contributed by atoms with Crippen molar-refractivity contribution in [3.63, 3.8) is 0 Å². The maximum Gasteiger partial charge on any atom is 0.309 e. The van der Waals surface area contributed by atoms with Gasteiger partial charge in [-0.2, -0.15) is 0 Å². The van der Waals surface area contributed by atoms with Crippen LogP contribution in [0.1, 0.15) is 12.0 Å². The van der Waals surface area contributed by atoms with E-state index in [0.717, 1.165) is 17.5 Å². The molecule has 24 heavy (non-hydrogen) atoms. The number of fused-ring (bicyclic) bond motifs is 1. The van der Waals surface area contributed by atoms with Gasteiger partial charge in [-0.05, 0) is 43.8 Å². The van der Waals surface area contributed by atoms with Gasteiger partial charge in [0.25, 0.3) is 0 Å². The first-order valence-corrected chi connectivity index (χ1v) is 7.90. The van der Waals surface area contributed by atoms with Crippen molar-refractivity contribution in [3.05, 3.63) is 35.8 Å². The predicted octanol–water partition coefficient (Wildman–Crippen LogP) is 1.37. The summed E-state index contributed by atoms with van der Waals surface area (Å²) in [6, 6.07) is 4.01. The fraction of sp³-hybridized carbons (Fsp3) is 0.412. The number of halogens is 1. The highest BCUT2D eigenvalue weighted by molar-refractivity contribution is 5.89. The van der Waals surface area contributed by atoms with Crippen molar-refractivity contribution >= 4 is 22.8 Å². The number of amides is 1. The van der Waals surface area contributed by atoms with Gasteiger partial charge in [-0.3, -0.25) is 9.59 Å². The van der Waals surface area contributed by atoms with Crippen LogP contribution in [0.5, 0.6) is 0 Å². The molecule has 1 amide bonds. The second kappa shape index (κ2) is 6.60. The maximum atomic E-state index is 13.2. The average molecular weight is 333 g/mol. The van der Waals surface area contributed by atoms with Gasteiger partial charge in [0, 0.05) is 29.7 Å². The molecule has 7 heteroatoms. The summed E-state index contributed by atoms with van der Waals surface area (Å²) in [7, 11) is 1.87. The summed E-state index contributed by atoms with van der Waals surface area (Å²) < 4.78 is 13.2. The Kier molecular flexibility index (Phi) is 4.53. The highest BCUT2D eigenvalue weighted by Gasteiger charge is 2.34. The number of aliphatic carboxylic acids is 1. The molecule has 2 aromatic rings. The molecule has 128 valence electrons. The molecule has 6 nitrogen and oxygen atoms in total. The Balaban J connectivity index is 1.69. The Morgan fingerprint density at radius 1 is 1.46 bits per heavy atom. The molecule has 0 unspecified atom stereocenters. The van der Waals surface area contributed by atoms with Crippen molar-refractivity contribution in [2.24, 2.45) is 5.92 Å². The van der Waals surface area contributed by atoms with Crippen LogP contribution in [-0.2, 0) is 16.0 Å². The van der Waals surface area contributed by atoms with Crippen LogP contribution >= 0.6 is 0 Å². The zero-order valence-electron chi connectivity index (χ0n) is 13.4. The fourth-order valence-corrected chi connectivity index (χ4v) is 3.27. The van der Waals surface area contributed by atoms with Crippen molar-refractivity contribution in [1.29, 1.82) is 0 Å². The van der Waals surface area contributed by atoms with E-state index in [2.05, 4.69) is 10.3 Å². The fourth-order valence-electron chi connectivity index (χ4n) is 3.27. The first-order chi connectivity index (χ1) is 11.4. The van der Waals surface area contributed by atoms with E-state index in [1.54, 1.807) is 12.3 Å². The number of hydrogen-bond acceptors (Lipinski definition) is 3. The Morgan fingerprint density at radius 2 is 2.25 bits per heavy atom. The topological polar surface area (TPSA) is 85.4 Å². The van der Waals surface area contributed by atoms with Crippen molar-refractivity contribution in [3.8, 4) is 0 Å². The summed E-state index contributed by atoms with van der Waals surface area (Å²) in [6.45, 7) is 1.17. The lowest BCUT2D eigenvalue weighted by Crippen LogP contribution is -2.52. The Morgan fingerprint density at radius 3 is 3.00 bits per heavy atom. The molecular formula is C17H20FN3O3. The van der Waals surface area contributed by atoms with E-state index in [9.17, 15) is 19.1 Å². The molecule has 2 heterocycles. The number of carboxylic acid groups (broad SMARTS) is 1. The zero-order chi connectivity index (χ0) is 17.3. The molecule has 1 aliphatic heterocycles. The summed E-state index contributed by atoms with van der Waals surface area (Å²) >= 11 is 0. The van der Waals surface area contributed by atoms with Crippen LogP contribution in [-0.4, -0.2) is 53.0 Å². The monoisotopic (exact) mass is 333 g/mol.